The maximum absolute atomic E-state index is 12.8. The van der Waals surface area contributed by atoms with Gasteiger partial charge in [0.2, 0.25) is 0 Å². The molecule has 6 heteroatoms. The van der Waals surface area contributed by atoms with Crippen LogP contribution in [0.25, 0.3) is 10.2 Å². The van der Waals surface area contributed by atoms with Crippen molar-refractivity contribution in [1.82, 2.24) is 9.13 Å². The largest absolute Gasteiger partial charge is 0.332 e. The lowest BCUT2D eigenvalue weighted by Gasteiger charge is -2.11. The smallest absolute Gasteiger partial charge is 0.282 e. The molecule has 0 aliphatic rings. The number of rotatable bonds is 5. The summed E-state index contributed by atoms with van der Waals surface area (Å²) in [6, 6.07) is 9.68. The number of aromatic nitrogens is 2. The van der Waals surface area contributed by atoms with Crippen molar-refractivity contribution >= 4 is 21.6 Å². The molecule has 0 saturated carbocycles. The Labute approximate surface area is 136 Å². The van der Waals surface area contributed by atoms with Gasteiger partial charge in [-0.25, -0.2) is 9.18 Å². The van der Waals surface area contributed by atoms with Crippen molar-refractivity contribution in [3.8, 4) is 0 Å². The van der Waals surface area contributed by atoms with E-state index in [1.54, 1.807) is 0 Å². The summed E-state index contributed by atoms with van der Waals surface area (Å²) in [5.41, 5.74) is 1.17. The molecular weight excluding hydrogens is 315 g/mol. The van der Waals surface area contributed by atoms with Crippen LogP contribution in [0.4, 0.5) is 4.39 Å². The van der Waals surface area contributed by atoms with Crippen molar-refractivity contribution in [3.63, 3.8) is 0 Å². The molecule has 120 valence electrons. The number of halogens is 1. The Balaban J connectivity index is 2.10. The van der Waals surface area contributed by atoms with Gasteiger partial charge < -0.3 is 0 Å². The van der Waals surface area contributed by atoms with Crippen LogP contribution >= 0.6 is 11.3 Å². The summed E-state index contributed by atoms with van der Waals surface area (Å²) >= 11 is 1.31. The lowest BCUT2D eigenvalue weighted by atomic mass is 10.1. The van der Waals surface area contributed by atoms with Crippen LogP contribution in [-0.4, -0.2) is 15.8 Å². The van der Waals surface area contributed by atoms with Gasteiger partial charge in [0.05, 0.1) is 11.9 Å². The van der Waals surface area contributed by atoms with Crippen molar-refractivity contribution in [3.05, 3.63) is 67.7 Å². The van der Waals surface area contributed by atoms with E-state index in [0.717, 1.165) is 11.1 Å². The second kappa shape index (κ2) is 6.50. The van der Waals surface area contributed by atoms with Gasteiger partial charge >= 0.3 is 5.69 Å². The van der Waals surface area contributed by atoms with E-state index in [9.17, 15) is 14.0 Å². The van der Waals surface area contributed by atoms with Crippen LogP contribution in [0, 0.1) is 6.92 Å². The fourth-order valence-corrected chi connectivity index (χ4v) is 3.78. The molecule has 4 nitrogen and oxygen atoms in total. The third-order valence-electron chi connectivity index (χ3n) is 3.90. The average molecular weight is 332 g/mol. The zero-order chi connectivity index (χ0) is 16.4. The van der Waals surface area contributed by atoms with E-state index in [-0.39, 0.29) is 12.1 Å². The number of aryl methyl sites for hydroxylation is 3. The van der Waals surface area contributed by atoms with E-state index in [1.807, 2.05) is 42.6 Å². The highest BCUT2D eigenvalue weighted by atomic mass is 32.1. The van der Waals surface area contributed by atoms with E-state index in [2.05, 4.69) is 0 Å². The minimum absolute atomic E-state index is 0.0269. The first-order valence-electron chi connectivity index (χ1n) is 7.45. The number of nitrogens with zero attached hydrogens (tertiary/aromatic N) is 2. The van der Waals surface area contributed by atoms with Crippen molar-refractivity contribution < 1.29 is 4.39 Å². The van der Waals surface area contributed by atoms with Crippen molar-refractivity contribution in [2.45, 2.75) is 26.4 Å². The lowest BCUT2D eigenvalue weighted by Crippen LogP contribution is -2.40. The Morgan fingerprint density at radius 2 is 1.83 bits per heavy atom. The van der Waals surface area contributed by atoms with Gasteiger partial charge in [-0.3, -0.25) is 13.9 Å². The molecule has 0 N–H and O–H groups in total. The molecule has 0 unspecified atom stereocenters. The average Bonchev–Trinajstić information content (AvgIpc) is 2.94. The zero-order valence-electron chi connectivity index (χ0n) is 12.8. The Kier molecular flexibility index (Phi) is 4.43. The first-order chi connectivity index (χ1) is 11.1. The molecular formula is C17H17FN2O2S. The number of thiophene rings is 1. The SMILES string of the molecule is Cc1csc2c1c(=O)n(CCc1ccccc1)c(=O)n2CCF. The van der Waals surface area contributed by atoms with Crippen molar-refractivity contribution in [1.29, 1.82) is 0 Å². The number of fused-ring (bicyclic) bond motifs is 1. The molecule has 23 heavy (non-hydrogen) atoms. The van der Waals surface area contributed by atoms with Gasteiger partial charge in [0.1, 0.15) is 11.5 Å². The summed E-state index contributed by atoms with van der Waals surface area (Å²) in [6.45, 7) is 1.47. The van der Waals surface area contributed by atoms with Gasteiger partial charge in [-0.15, -0.1) is 11.3 Å². The quantitative estimate of drug-likeness (QED) is 0.721. The number of hydrogen-bond acceptors (Lipinski definition) is 3. The maximum Gasteiger partial charge on any atom is 0.332 e. The minimum atomic E-state index is -0.636. The number of alkyl halides is 1. The van der Waals surface area contributed by atoms with Crippen LogP contribution in [0.1, 0.15) is 11.1 Å². The van der Waals surface area contributed by atoms with Crippen LogP contribution < -0.4 is 11.2 Å². The maximum atomic E-state index is 12.8. The molecule has 0 aliphatic carbocycles. The summed E-state index contributed by atoms with van der Waals surface area (Å²) < 4.78 is 15.4. The Hall–Kier alpha value is -2.21. The third-order valence-corrected chi connectivity index (χ3v) is 5.02. The van der Waals surface area contributed by atoms with Gasteiger partial charge in [-0.1, -0.05) is 30.3 Å². The zero-order valence-corrected chi connectivity index (χ0v) is 13.6. The third kappa shape index (κ3) is 2.86. The highest BCUT2D eigenvalue weighted by Gasteiger charge is 2.16. The number of benzene rings is 1. The van der Waals surface area contributed by atoms with Gasteiger partial charge in [0, 0.05) is 6.54 Å². The summed E-state index contributed by atoms with van der Waals surface area (Å²) in [5, 5.41) is 2.36. The predicted molar refractivity (Wildman–Crippen MR) is 91.2 cm³/mol. The summed E-state index contributed by atoms with van der Waals surface area (Å²) in [6.07, 6.45) is 0.584. The molecule has 2 heterocycles. The van der Waals surface area contributed by atoms with Crippen LogP contribution in [0.2, 0.25) is 0 Å². The Morgan fingerprint density at radius 3 is 2.52 bits per heavy atom. The molecule has 0 aliphatic heterocycles. The summed E-state index contributed by atoms with van der Waals surface area (Å²) in [4.78, 5) is 25.8. The molecule has 0 saturated heterocycles. The fourth-order valence-electron chi connectivity index (χ4n) is 2.71. The van der Waals surface area contributed by atoms with E-state index < -0.39 is 12.4 Å². The minimum Gasteiger partial charge on any atom is -0.282 e. The predicted octanol–water partition coefficient (Wildman–Crippen LogP) is 2.75. The van der Waals surface area contributed by atoms with Crippen molar-refractivity contribution in [2.75, 3.05) is 6.67 Å². The monoisotopic (exact) mass is 332 g/mol. The molecule has 0 bridgehead atoms. The fraction of sp³-hybridized carbons (Fsp3) is 0.294. The first-order valence-corrected chi connectivity index (χ1v) is 8.32. The summed E-state index contributed by atoms with van der Waals surface area (Å²) in [5.74, 6) is 0. The summed E-state index contributed by atoms with van der Waals surface area (Å²) in [7, 11) is 0. The molecule has 1 aromatic carbocycles. The lowest BCUT2D eigenvalue weighted by molar-refractivity contribution is 0.435. The highest BCUT2D eigenvalue weighted by Crippen LogP contribution is 2.21. The second-order valence-electron chi connectivity index (χ2n) is 5.41. The van der Waals surface area contributed by atoms with Gasteiger partial charge in [0.25, 0.3) is 5.56 Å². The normalized spacial score (nSPS) is 11.2. The topological polar surface area (TPSA) is 44.0 Å². The van der Waals surface area contributed by atoms with Gasteiger partial charge in [-0.2, -0.15) is 0 Å². The first kappa shape index (κ1) is 15.7. The van der Waals surface area contributed by atoms with Crippen LogP contribution in [-0.2, 0) is 19.5 Å². The van der Waals surface area contributed by atoms with Crippen molar-refractivity contribution in [2.24, 2.45) is 0 Å². The molecule has 3 rings (SSSR count). The number of hydrogen-bond donors (Lipinski definition) is 0. The van der Waals surface area contributed by atoms with Gasteiger partial charge in [-0.05, 0) is 29.9 Å². The molecule has 3 aromatic rings. The Morgan fingerprint density at radius 1 is 1.09 bits per heavy atom. The van der Waals surface area contributed by atoms with E-state index >= 15 is 0 Å². The molecule has 0 fully saturated rings. The molecule has 0 amide bonds. The molecule has 0 atom stereocenters. The standard InChI is InChI=1S/C17H17FN2O2S/c1-12-11-23-16-14(12)15(21)19(17(22)20(16)10-8-18)9-7-13-5-3-2-4-6-13/h2-6,11H,7-10H2,1H3. The van der Waals surface area contributed by atoms with Gasteiger partial charge in [0.15, 0.2) is 0 Å². The van der Waals surface area contributed by atoms with E-state index in [1.165, 1.54) is 20.5 Å². The molecule has 0 spiro atoms. The molecule has 2 aromatic heterocycles. The van der Waals surface area contributed by atoms with Crippen LogP contribution in [0.15, 0.2) is 45.3 Å². The van der Waals surface area contributed by atoms with E-state index in [0.29, 0.717) is 23.2 Å². The highest BCUT2D eigenvalue weighted by molar-refractivity contribution is 7.17. The van der Waals surface area contributed by atoms with Crippen LogP contribution in [0.5, 0.6) is 0 Å². The Bertz CT molecular complexity index is 941. The van der Waals surface area contributed by atoms with E-state index in [4.69, 9.17) is 0 Å². The second-order valence-corrected chi connectivity index (χ2v) is 6.27. The van der Waals surface area contributed by atoms with Crippen LogP contribution in [0.3, 0.4) is 0 Å². The molecule has 0 radical (unpaired) electrons.